The van der Waals surface area contributed by atoms with Crippen molar-refractivity contribution in [2.75, 3.05) is 12.8 Å². The van der Waals surface area contributed by atoms with Gasteiger partial charge in [-0.15, -0.1) is 0 Å². The van der Waals surface area contributed by atoms with Crippen LogP contribution in [0.2, 0.25) is 0 Å². The second kappa shape index (κ2) is 5.25. The van der Waals surface area contributed by atoms with E-state index in [-0.39, 0.29) is 5.82 Å². The highest BCUT2D eigenvalue weighted by Gasteiger charge is 2.25. The quantitative estimate of drug-likeness (QED) is 0.865. The minimum absolute atomic E-state index is 0.182. The van der Waals surface area contributed by atoms with Gasteiger partial charge >= 0.3 is 0 Å². The molecule has 3 rings (SSSR count). The van der Waals surface area contributed by atoms with E-state index in [1.165, 1.54) is 23.3 Å². The summed E-state index contributed by atoms with van der Waals surface area (Å²) in [6.07, 6.45) is 2.20. The molecule has 1 atom stereocenters. The normalized spacial score (nSPS) is 17.4. The predicted molar refractivity (Wildman–Crippen MR) is 79.8 cm³/mol. The molecule has 2 nitrogen and oxygen atoms in total. The molecule has 0 bridgehead atoms. The highest BCUT2D eigenvalue weighted by molar-refractivity contribution is 5.47. The molecule has 1 aliphatic carbocycles. The first kappa shape index (κ1) is 13.1. The van der Waals surface area contributed by atoms with Crippen molar-refractivity contribution in [1.29, 1.82) is 0 Å². The van der Waals surface area contributed by atoms with Crippen molar-refractivity contribution in [2.24, 2.45) is 0 Å². The third-order valence-electron chi connectivity index (χ3n) is 4.09. The van der Waals surface area contributed by atoms with E-state index in [0.29, 0.717) is 6.04 Å². The molecule has 20 heavy (non-hydrogen) atoms. The number of aryl methyl sites for hydroxylation is 1. The van der Waals surface area contributed by atoms with Crippen LogP contribution in [0.15, 0.2) is 42.5 Å². The molecule has 0 fully saturated rings. The number of halogens is 1. The monoisotopic (exact) mass is 270 g/mol. The molecule has 0 heterocycles. The van der Waals surface area contributed by atoms with Gasteiger partial charge in [0.25, 0.3) is 0 Å². The lowest BCUT2D eigenvalue weighted by atomic mass is 10.1. The van der Waals surface area contributed by atoms with Crippen LogP contribution in [0.4, 0.5) is 10.1 Å². The van der Waals surface area contributed by atoms with Crippen molar-refractivity contribution in [3.63, 3.8) is 0 Å². The minimum Gasteiger partial charge on any atom is -0.399 e. The average molecular weight is 270 g/mol. The number of hydrogen-bond acceptors (Lipinski definition) is 2. The molecule has 2 aromatic rings. The lowest BCUT2D eigenvalue weighted by Gasteiger charge is -2.25. The lowest BCUT2D eigenvalue weighted by molar-refractivity contribution is 0.236. The molecule has 0 aliphatic heterocycles. The van der Waals surface area contributed by atoms with Gasteiger partial charge in [0, 0.05) is 18.3 Å². The fourth-order valence-corrected chi connectivity index (χ4v) is 3.06. The number of fused-ring (bicyclic) bond motifs is 1. The van der Waals surface area contributed by atoms with Gasteiger partial charge in [0.15, 0.2) is 0 Å². The van der Waals surface area contributed by atoms with Crippen LogP contribution in [0.1, 0.15) is 29.2 Å². The molecular formula is C17H19FN2. The van der Waals surface area contributed by atoms with Gasteiger partial charge in [-0.1, -0.05) is 18.2 Å². The third-order valence-corrected chi connectivity index (χ3v) is 4.09. The summed E-state index contributed by atoms with van der Waals surface area (Å²) in [5, 5.41) is 0. The fourth-order valence-electron chi connectivity index (χ4n) is 3.06. The summed E-state index contributed by atoms with van der Waals surface area (Å²) in [5.41, 5.74) is 10.6. The number of benzene rings is 2. The minimum atomic E-state index is -0.182. The van der Waals surface area contributed by atoms with Crippen LogP contribution in [-0.4, -0.2) is 11.9 Å². The number of hydrogen-bond donors (Lipinski definition) is 1. The van der Waals surface area contributed by atoms with E-state index >= 15 is 0 Å². The van der Waals surface area contributed by atoms with Crippen LogP contribution in [0, 0.1) is 5.82 Å². The van der Waals surface area contributed by atoms with E-state index in [9.17, 15) is 4.39 Å². The molecule has 1 aliphatic rings. The molecule has 2 N–H and O–H groups in total. The average Bonchev–Trinajstić information content (AvgIpc) is 2.84. The topological polar surface area (TPSA) is 29.3 Å². The van der Waals surface area contributed by atoms with E-state index < -0.39 is 0 Å². The Morgan fingerprint density at radius 2 is 1.95 bits per heavy atom. The molecule has 104 valence electrons. The van der Waals surface area contributed by atoms with Crippen molar-refractivity contribution < 1.29 is 4.39 Å². The van der Waals surface area contributed by atoms with Gasteiger partial charge in [-0.05, 0) is 60.8 Å². The van der Waals surface area contributed by atoms with E-state index in [1.807, 2.05) is 18.2 Å². The van der Waals surface area contributed by atoms with E-state index in [4.69, 9.17) is 5.73 Å². The van der Waals surface area contributed by atoms with Crippen LogP contribution in [0.3, 0.4) is 0 Å². The highest BCUT2D eigenvalue weighted by atomic mass is 19.1. The van der Waals surface area contributed by atoms with Crippen LogP contribution < -0.4 is 5.73 Å². The highest BCUT2D eigenvalue weighted by Crippen LogP contribution is 2.36. The maximum atomic E-state index is 12.9. The van der Waals surface area contributed by atoms with Gasteiger partial charge in [-0.25, -0.2) is 4.39 Å². The second-order valence-corrected chi connectivity index (χ2v) is 5.55. The van der Waals surface area contributed by atoms with Gasteiger partial charge in [-0.3, -0.25) is 4.90 Å². The fraction of sp³-hybridized carbons (Fsp3) is 0.294. The van der Waals surface area contributed by atoms with Crippen molar-refractivity contribution in [3.05, 3.63) is 65.0 Å². The molecule has 0 amide bonds. The maximum Gasteiger partial charge on any atom is 0.123 e. The van der Waals surface area contributed by atoms with Gasteiger partial charge in [0.2, 0.25) is 0 Å². The third kappa shape index (κ3) is 2.54. The van der Waals surface area contributed by atoms with E-state index in [2.05, 4.69) is 24.1 Å². The van der Waals surface area contributed by atoms with E-state index in [1.54, 1.807) is 0 Å². The predicted octanol–water partition coefficient (Wildman–Crippen LogP) is 3.53. The Kier molecular flexibility index (Phi) is 3.45. The molecule has 0 aromatic heterocycles. The smallest absolute Gasteiger partial charge is 0.123 e. The molecule has 0 saturated heterocycles. The van der Waals surface area contributed by atoms with Gasteiger partial charge in [0.05, 0.1) is 0 Å². The standard InChI is InChI=1S/C17H19FN2/c1-20(11-12-2-5-14(18)6-3-12)17-9-4-13-10-15(19)7-8-16(13)17/h2-3,5-8,10,17H,4,9,11,19H2,1H3. The molecular weight excluding hydrogens is 251 g/mol. The Hall–Kier alpha value is -1.87. The summed E-state index contributed by atoms with van der Waals surface area (Å²) in [6.45, 7) is 0.828. The molecule has 1 unspecified atom stereocenters. The van der Waals surface area contributed by atoms with E-state index in [0.717, 1.165) is 30.6 Å². The van der Waals surface area contributed by atoms with Crippen LogP contribution in [-0.2, 0) is 13.0 Å². The maximum absolute atomic E-state index is 12.9. The Balaban J connectivity index is 1.76. The number of anilines is 1. The summed E-state index contributed by atoms with van der Waals surface area (Å²) in [7, 11) is 2.12. The summed E-state index contributed by atoms with van der Waals surface area (Å²) in [4.78, 5) is 2.33. The Morgan fingerprint density at radius 1 is 1.20 bits per heavy atom. The lowest BCUT2D eigenvalue weighted by Crippen LogP contribution is -2.22. The number of rotatable bonds is 3. The first-order chi connectivity index (χ1) is 9.63. The molecule has 2 aromatic carbocycles. The summed E-state index contributed by atoms with van der Waals surface area (Å²) in [6, 6.07) is 13.4. The van der Waals surface area contributed by atoms with Gasteiger partial charge < -0.3 is 5.73 Å². The van der Waals surface area contributed by atoms with Crippen LogP contribution in [0.25, 0.3) is 0 Å². The van der Waals surface area contributed by atoms with Gasteiger partial charge in [0.1, 0.15) is 5.82 Å². The molecule has 3 heteroatoms. The summed E-state index contributed by atoms with van der Waals surface area (Å²) >= 11 is 0. The number of nitrogen functional groups attached to an aromatic ring is 1. The van der Waals surface area contributed by atoms with Crippen molar-refractivity contribution in [3.8, 4) is 0 Å². The molecule has 0 radical (unpaired) electrons. The number of nitrogens with zero attached hydrogens (tertiary/aromatic N) is 1. The first-order valence-corrected chi connectivity index (χ1v) is 6.96. The van der Waals surface area contributed by atoms with Crippen molar-refractivity contribution >= 4 is 5.69 Å². The Bertz CT molecular complexity index is 607. The second-order valence-electron chi connectivity index (χ2n) is 5.55. The van der Waals surface area contributed by atoms with Crippen LogP contribution >= 0.6 is 0 Å². The zero-order chi connectivity index (χ0) is 14.1. The summed E-state index contributed by atoms with van der Waals surface area (Å²) in [5.74, 6) is -0.182. The zero-order valence-corrected chi connectivity index (χ0v) is 11.6. The first-order valence-electron chi connectivity index (χ1n) is 6.96. The SMILES string of the molecule is CN(Cc1ccc(F)cc1)C1CCc2cc(N)ccc21. The van der Waals surface area contributed by atoms with Crippen LogP contribution in [0.5, 0.6) is 0 Å². The van der Waals surface area contributed by atoms with Crippen molar-refractivity contribution in [2.45, 2.75) is 25.4 Å². The molecule has 0 spiro atoms. The zero-order valence-electron chi connectivity index (χ0n) is 11.6. The largest absolute Gasteiger partial charge is 0.399 e. The Labute approximate surface area is 119 Å². The molecule has 0 saturated carbocycles. The number of nitrogens with two attached hydrogens (primary N) is 1. The Morgan fingerprint density at radius 3 is 2.70 bits per heavy atom. The summed E-state index contributed by atoms with van der Waals surface area (Å²) < 4.78 is 12.9. The van der Waals surface area contributed by atoms with Gasteiger partial charge in [-0.2, -0.15) is 0 Å². The van der Waals surface area contributed by atoms with Crippen molar-refractivity contribution in [1.82, 2.24) is 4.90 Å².